The van der Waals surface area contributed by atoms with Crippen molar-refractivity contribution in [2.75, 3.05) is 39.4 Å². The van der Waals surface area contributed by atoms with E-state index in [-0.39, 0.29) is 5.92 Å². The van der Waals surface area contributed by atoms with Crippen LogP contribution < -0.4 is 5.32 Å². The molecular weight excluding hydrogens is 204 g/mol. The average molecular weight is 224 g/mol. The molecule has 0 bridgehead atoms. The van der Waals surface area contributed by atoms with Crippen molar-refractivity contribution >= 4 is 5.91 Å². The van der Waals surface area contributed by atoms with Gasteiger partial charge in [0.1, 0.15) is 0 Å². The zero-order valence-electron chi connectivity index (χ0n) is 9.71. The van der Waals surface area contributed by atoms with E-state index in [2.05, 4.69) is 10.2 Å². The molecule has 1 atom stereocenters. The fourth-order valence-electron chi connectivity index (χ4n) is 3.00. The van der Waals surface area contributed by atoms with Crippen LogP contribution in [0.4, 0.5) is 0 Å². The molecule has 0 aromatic carbocycles. The van der Waals surface area contributed by atoms with Gasteiger partial charge in [0, 0.05) is 25.0 Å². The van der Waals surface area contributed by atoms with Crippen molar-refractivity contribution in [2.45, 2.75) is 19.3 Å². The predicted octanol–water partition coefficient (Wildman–Crippen LogP) is 0.235. The Morgan fingerprint density at radius 2 is 2.06 bits per heavy atom. The van der Waals surface area contributed by atoms with E-state index in [1.165, 1.54) is 0 Å². The molecule has 4 heteroatoms. The molecule has 1 amide bonds. The van der Waals surface area contributed by atoms with Gasteiger partial charge in [0.05, 0.1) is 19.1 Å². The van der Waals surface area contributed by atoms with Crippen LogP contribution >= 0.6 is 0 Å². The number of likely N-dealkylation sites (tertiary alicyclic amines) is 1. The number of hydrogen-bond donors (Lipinski definition) is 1. The van der Waals surface area contributed by atoms with E-state index in [0.29, 0.717) is 11.3 Å². The van der Waals surface area contributed by atoms with E-state index in [9.17, 15) is 4.79 Å². The molecule has 1 unspecified atom stereocenters. The summed E-state index contributed by atoms with van der Waals surface area (Å²) in [6, 6.07) is 0. The van der Waals surface area contributed by atoms with Crippen LogP contribution in [0, 0.1) is 11.3 Å². The maximum Gasteiger partial charge on any atom is 0.227 e. The minimum atomic E-state index is 0.242. The summed E-state index contributed by atoms with van der Waals surface area (Å²) >= 11 is 0. The van der Waals surface area contributed by atoms with E-state index in [0.717, 1.165) is 58.7 Å². The summed E-state index contributed by atoms with van der Waals surface area (Å²) in [6.07, 6.45) is 3.29. The lowest BCUT2D eigenvalue weighted by Gasteiger charge is -2.47. The van der Waals surface area contributed by atoms with Crippen molar-refractivity contribution in [1.82, 2.24) is 10.2 Å². The second kappa shape index (κ2) is 4.00. The van der Waals surface area contributed by atoms with Crippen LogP contribution in [0.2, 0.25) is 0 Å². The van der Waals surface area contributed by atoms with Gasteiger partial charge in [-0.1, -0.05) is 0 Å². The molecule has 3 aliphatic rings. The molecule has 0 aromatic heterocycles. The first-order valence-electron chi connectivity index (χ1n) is 6.36. The fraction of sp³-hybridized carbons (Fsp3) is 0.917. The lowest BCUT2D eigenvalue weighted by molar-refractivity contribution is -0.155. The molecule has 0 saturated carbocycles. The summed E-state index contributed by atoms with van der Waals surface area (Å²) in [5.74, 6) is 0.617. The summed E-state index contributed by atoms with van der Waals surface area (Å²) in [6.45, 7) is 5.60. The SMILES string of the molecule is O=C(C1CCNC1)N1CCC2(CC1)COC2. The maximum absolute atomic E-state index is 12.2. The van der Waals surface area contributed by atoms with Crippen LogP contribution in [0.25, 0.3) is 0 Å². The molecule has 0 aromatic rings. The van der Waals surface area contributed by atoms with Gasteiger partial charge in [-0.25, -0.2) is 0 Å². The molecule has 1 N–H and O–H groups in total. The van der Waals surface area contributed by atoms with Gasteiger partial charge in [0.25, 0.3) is 0 Å². The molecule has 3 aliphatic heterocycles. The molecule has 0 radical (unpaired) electrons. The van der Waals surface area contributed by atoms with E-state index in [1.54, 1.807) is 0 Å². The largest absolute Gasteiger partial charge is 0.380 e. The second-order valence-corrected chi connectivity index (χ2v) is 5.51. The van der Waals surface area contributed by atoms with E-state index in [1.807, 2.05) is 0 Å². The highest BCUT2D eigenvalue weighted by atomic mass is 16.5. The van der Waals surface area contributed by atoms with Gasteiger partial charge < -0.3 is 15.0 Å². The molecule has 3 fully saturated rings. The van der Waals surface area contributed by atoms with E-state index in [4.69, 9.17) is 4.74 Å². The van der Waals surface area contributed by atoms with E-state index < -0.39 is 0 Å². The third-order valence-electron chi connectivity index (χ3n) is 4.36. The molecule has 3 rings (SSSR count). The van der Waals surface area contributed by atoms with Crippen molar-refractivity contribution in [3.63, 3.8) is 0 Å². The van der Waals surface area contributed by atoms with Crippen molar-refractivity contribution in [2.24, 2.45) is 11.3 Å². The van der Waals surface area contributed by atoms with Crippen molar-refractivity contribution < 1.29 is 9.53 Å². The number of carbonyl (C=O) groups is 1. The Hall–Kier alpha value is -0.610. The van der Waals surface area contributed by atoms with Gasteiger partial charge in [-0.15, -0.1) is 0 Å². The number of hydrogen-bond acceptors (Lipinski definition) is 3. The summed E-state index contributed by atoms with van der Waals surface area (Å²) in [5, 5.41) is 3.26. The Morgan fingerprint density at radius 1 is 1.31 bits per heavy atom. The number of piperidine rings is 1. The molecule has 0 aliphatic carbocycles. The first-order valence-corrected chi connectivity index (χ1v) is 6.36. The number of nitrogens with zero attached hydrogens (tertiary/aromatic N) is 1. The van der Waals surface area contributed by atoms with Crippen LogP contribution in [0.3, 0.4) is 0 Å². The normalized spacial score (nSPS) is 32.8. The van der Waals surface area contributed by atoms with E-state index >= 15 is 0 Å². The first-order chi connectivity index (χ1) is 7.79. The third-order valence-corrected chi connectivity index (χ3v) is 4.36. The number of ether oxygens (including phenoxy) is 1. The molecule has 90 valence electrons. The van der Waals surface area contributed by atoms with Gasteiger partial charge in [0.2, 0.25) is 5.91 Å². The minimum Gasteiger partial charge on any atom is -0.380 e. The van der Waals surface area contributed by atoms with Gasteiger partial charge >= 0.3 is 0 Å². The number of rotatable bonds is 1. The van der Waals surface area contributed by atoms with Crippen molar-refractivity contribution in [1.29, 1.82) is 0 Å². The standard InChI is InChI=1S/C12H20N2O2/c15-11(10-1-4-13-7-10)14-5-2-12(3-6-14)8-16-9-12/h10,13H,1-9H2. The fourth-order valence-corrected chi connectivity index (χ4v) is 3.00. The Labute approximate surface area is 96.3 Å². The lowest BCUT2D eigenvalue weighted by Crippen LogP contribution is -2.53. The predicted molar refractivity (Wildman–Crippen MR) is 60.0 cm³/mol. The van der Waals surface area contributed by atoms with Crippen LogP contribution in [0.15, 0.2) is 0 Å². The Morgan fingerprint density at radius 3 is 2.56 bits per heavy atom. The Bertz CT molecular complexity index is 273. The molecule has 1 spiro atoms. The topological polar surface area (TPSA) is 41.6 Å². The molecular formula is C12H20N2O2. The summed E-state index contributed by atoms with van der Waals surface area (Å²) in [4.78, 5) is 14.2. The molecule has 16 heavy (non-hydrogen) atoms. The van der Waals surface area contributed by atoms with Crippen LogP contribution in [0.1, 0.15) is 19.3 Å². The summed E-state index contributed by atoms with van der Waals surface area (Å²) in [5.41, 5.74) is 0.435. The van der Waals surface area contributed by atoms with Gasteiger partial charge in [-0.2, -0.15) is 0 Å². The van der Waals surface area contributed by atoms with Gasteiger partial charge in [0.15, 0.2) is 0 Å². The molecule has 3 saturated heterocycles. The van der Waals surface area contributed by atoms with Gasteiger partial charge in [-0.05, 0) is 25.8 Å². The highest BCUT2D eigenvalue weighted by molar-refractivity contribution is 5.79. The first kappa shape index (κ1) is 10.5. The van der Waals surface area contributed by atoms with Crippen LogP contribution in [-0.2, 0) is 9.53 Å². The zero-order chi connectivity index (χ0) is 11.0. The van der Waals surface area contributed by atoms with Gasteiger partial charge in [-0.3, -0.25) is 4.79 Å². The minimum absolute atomic E-state index is 0.242. The number of nitrogens with one attached hydrogen (secondary N) is 1. The average Bonchev–Trinajstić information content (AvgIpc) is 2.80. The number of amides is 1. The second-order valence-electron chi connectivity index (χ2n) is 5.51. The highest BCUT2D eigenvalue weighted by Crippen LogP contribution is 2.38. The quantitative estimate of drug-likeness (QED) is 0.693. The number of carbonyl (C=O) groups excluding carboxylic acids is 1. The van der Waals surface area contributed by atoms with Crippen molar-refractivity contribution in [3.8, 4) is 0 Å². The molecule has 4 nitrogen and oxygen atoms in total. The Kier molecular flexibility index (Phi) is 2.64. The zero-order valence-corrected chi connectivity index (χ0v) is 9.71. The monoisotopic (exact) mass is 224 g/mol. The van der Waals surface area contributed by atoms with Crippen LogP contribution in [0.5, 0.6) is 0 Å². The highest BCUT2D eigenvalue weighted by Gasteiger charge is 2.42. The maximum atomic E-state index is 12.2. The summed E-state index contributed by atoms with van der Waals surface area (Å²) in [7, 11) is 0. The third kappa shape index (κ3) is 1.74. The molecule has 3 heterocycles. The van der Waals surface area contributed by atoms with Crippen LogP contribution in [-0.4, -0.2) is 50.2 Å². The van der Waals surface area contributed by atoms with Crippen molar-refractivity contribution in [3.05, 3.63) is 0 Å². The Balaban J connectivity index is 1.54. The lowest BCUT2D eigenvalue weighted by atomic mass is 9.76. The smallest absolute Gasteiger partial charge is 0.227 e. The summed E-state index contributed by atoms with van der Waals surface area (Å²) < 4.78 is 5.30.